The summed E-state index contributed by atoms with van der Waals surface area (Å²) in [4.78, 5) is 40.0. The standard InChI is InChI=1S/C24H29N5O4/c30-23(18-10-14-27(15-11-18)21-8-4-5-9-22(21)29(32)33)25-20-12-16-28(17-13-20)24(31)26-19-6-2-1-3-7-19/h1-9,18,20H,10-17H2,(H,25,30)(H,26,31). The average Bonchev–Trinajstić information content (AvgIpc) is 2.85. The molecule has 0 aliphatic carbocycles. The number of urea groups is 1. The van der Waals surface area contributed by atoms with Gasteiger partial charge in [0, 0.05) is 49.9 Å². The lowest BCUT2D eigenvalue weighted by molar-refractivity contribution is -0.384. The fourth-order valence-electron chi connectivity index (χ4n) is 4.54. The molecule has 0 radical (unpaired) electrons. The van der Waals surface area contributed by atoms with E-state index < -0.39 is 0 Å². The van der Waals surface area contributed by atoms with Crippen LogP contribution >= 0.6 is 0 Å². The van der Waals surface area contributed by atoms with Crippen LogP contribution in [-0.4, -0.2) is 54.0 Å². The number of carbonyl (C=O) groups is 2. The van der Waals surface area contributed by atoms with Gasteiger partial charge in [-0.2, -0.15) is 0 Å². The normalized spacial score (nSPS) is 17.5. The summed E-state index contributed by atoms with van der Waals surface area (Å²) in [6.07, 6.45) is 2.78. The molecule has 0 bridgehead atoms. The lowest BCUT2D eigenvalue weighted by atomic mass is 9.94. The maximum absolute atomic E-state index is 12.8. The number of benzene rings is 2. The number of nitrogens with one attached hydrogen (secondary N) is 2. The first kappa shape index (κ1) is 22.6. The number of carbonyl (C=O) groups excluding carboxylic acids is 2. The third-order valence-corrected chi connectivity index (χ3v) is 6.44. The van der Waals surface area contributed by atoms with Crippen LogP contribution in [0.3, 0.4) is 0 Å². The van der Waals surface area contributed by atoms with E-state index in [1.54, 1.807) is 23.1 Å². The second-order valence-electron chi connectivity index (χ2n) is 8.57. The van der Waals surface area contributed by atoms with Crippen molar-refractivity contribution in [2.75, 3.05) is 36.4 Å². The highest BCUT2D eigenvalue weighted by Crippen LogP contribution is 2.31. The van der Waals surface area contributed by atoms with Crippen molar-refractivity contribution in [3.05, 3.63) is 64.7 Å². The molecular weight excluding hydrogens is 422 g/mol. The third-order valence-electron chi connectivity index (χ3n) is 6.44. The molecule has 2 aromatic rings. The van der Waals surface area contributed by atoms with Gasteiger partial charge in [0.1, 0.15) is 5.69 Å². The molecule has 0 spiro atoms. The topological polar surface area (TPSA) is 108 Å². The van der Waals surface area contributed by atoms with Gasteiger partial charge in [-0.1, -0.05) is 30.3 Å². The zero-order chi connectivity index (χ0) is 23.2. The van der Waals surface area contributed by atoms with Gasteiger partial charge in [0.2, 0.25) is 5.91 Å². The summed E-state index contributed by atoms with van der Waals surface area (Å²) in [7, 11) is 0. The van der Waals surface area contributed by atoms with Crippen LogP contribution in [0, 0.1) is 16.0 Å². The zero-order valence-electron chi connectivity index (χ0n) is 18.5. The number of piperidine rings is 2. The van der Waals surface area contributed by atoms with E-state index in [1.807, 2.05) is 35.2 Å². The molecule has 9 nitrogen and oxygen atoms in total. The monoisotopic (exact) mass is 451 g/mol. The van der Waals surface area contributed by atoms with Gasteiger partial charge in [-0.25, -0.2) is 4.79 Å². The molecule has 0 aromatic heterocycles. The van der Waals surface area contributed by atoms with E-state index in [0.29, 0.717) is 44.7 Å². The van der Waals surface area contributed by atoms with Gasteiger partial charge in [0.15, 0.2) is 0 Å². The summed E-state index contributed by atoms with van der Waals surface area (Å²) in [5.74, 6) is -0.0483. The Hall–Kier alpha value is -3.62. The Bertz CT molecular complexity index is 983. The van der Waals surface area contributed by atoms with Crippen molar-refractivity contribution in [3.8, 4) is 0 Å². The molecule has 2 saturated heterocycles. The second kappa shape index (κ2) is 10.3. The highest BCUT2D eigenvalue weighted by molar-refractivity contribution is 5.89. The predicted molar refractivity (Wildman–Crippen MR) is 126 cm³/mol. The lowest BCUT2D eigenvalue weighted by Gasteiger charge is -2.35. The van der Waals surface area contributed by atoms with Crippen LogP contribution < -0.4 is 15.5 Å². The van der Waals surface area contributed by atoms with E-state index in [0.717, 1.165) is 18.5 Å². The van der Waals surface area contributed by atoms with Gasteiger partial charge in [0.05, 0.1) is 4.92 Å². The van der Waals surface area contributed by atoms with Gasteiger partial charge >= 0.3 is 6.03 Å². The highest BCUT2D eigenvalue weighted by atomic mass is 16.6. The van der Waals surface area contributed by atoms with Crippen molar-refractivity contribution in [2.24, 2.45) is 5.92 Å². The number of para-hydroxylation sites is 3. The summed E-state index contributed by atoms with van der Waals surface area (Å²) >= 11 is 0. The van der Waals surface area contributed by atoms with Crippen LogP contribution in [0.2, 0.25) is 0 Å². The predicted octanol–water partition coefficient (Wildman–Crippen LogP) is 3.62. The number of hydrogen-bond donors (Lipinski definition) is 2. The first-order valence-corrected chi connectivity index (χ1v) is 11.4. The fourth-order valence-corrected chi connectivity index (χ4v) is 4.54. The smallest absolute Gasteiger partial charge is 0.321 e. The van der Waals surface area contributed by atoms with Crippen LogP contribution in [0.4, 0.5) is 21.9 Å². The molecule has 2 aliphatic heterocycles. The maximum Gasteiger partial charge on any atom is 0.321 e. The Morgan fingerprint density at radius 1 is 0.879 bits per heavy atom. The Kier molecular flexibility index (Phi) is 7.07. The minimum atomic E-state index is -0.361. The van der Waals surface area contributed by atoms with Crippen LogP contribution in [0.15, 0.2) is 54.6 Å². The molecular formula is C24H29N5O4. The first-order valence-electron chi connectivity index (χ1n) is 11.4. The second-order valence-corrected chi connectivity index (χ2v) is 8.57. The maximum atomic E-state index is 12.8. The van der Waals surface area contributed by atoms with E-state index in [-0.39, 0.29) is 34.5 Å². The number of rotatable bonds is 5. The van der Waals surface area contributed by atoms with Crippen LogP contribution in [0.25, 0.3) is 0 Å². The van der Waals surface area contributed by atoms with Crippen LogP contribution in [-0.2, 0) is 4.79 Å². The van der Waals surface area contributed by atoms with Crippen LogP contribution in [0.1, 0.15) is 25.7 Å². The van der Waals surface area contributed by atoms with Crippen molar-refractivity contribution in [2.45, 2.75) is 31.7 Å². The van der Waals surface area contributed by atoms with E-state index in [1.165, 1.54) is 6.07 Å². The average molecular weight is 452 g/mol. The van der Waals surface area contributed by atoms with Crippen molar-refractivity contribution < 1.29 is 14.5 Å². The Morgan fingerprint density at radius 2 is 1.52 bits per heavy atom. The summed E-state index contributed by atoms with van der Waals surface area (Å²) in [6.45, 7) is 2.42. The quantitative estimate of drug-likeness (QED) is 0.533. The third kappa shape index (κ3) is 5.60. The van der Waals surface area contributed by atoms with Gasteiger partial charge in [-0.15, -0.1) is 0 Å². The molecule has 2 aliphatic rings. The Morgan fingerprint density at radius 3 is 2.18 bits per heavy atom. The van der Waals surface area contributed by atoms with Gasteiger partial charge in [0.25, 0.3) is 5.69 Å². The van der Waals surface area contributed by atoms with E-state index in [4.69, 9.17) is 0 Å². The van der Waals surface area contributed by atoms with Gasteiger partial charge in [-0.05, 0) is 43.9 Å². The zero-order valence-corrected chi connectivity index (χ0v) is 18.5. The summed E-state index contributed by atoms with van der Waals surface area (Å²) in [5, 5.41) is 17.4. The number of amides is 3. The molecule has 3 amide bonds. The van der Waals surface area contributed by atoms with Crippen molar-refractivity contribution in [1.82, 2.24) is 10.2 Å². The number of hydrogen-bond acceptors (Lipinski definition) is 5. The van der Waals surface area contributed by atoms with Crippen molar-refractivity contribution >= 4 is 29.0 Å². The first-order chi connectivity index (χ1) is 16.0. The van der Waals surface area contributed by atoms with E-state index >= 15 is 0 Å². The van der Waals surface area contributed by atoms with Crippen molar-refractivity contribution in [3.63, 3.8) is 0 Å². The lowest BCUT2D eigenvalue weighted by Crippen LogP contribution is -2.50. The van der Waals surface area contributed by atoms with Gasteiger partial charge in [-0.3, -0.25) is 14.9 Å². The summed E-state index contributed by atoms with van der Waals surface area (Å²) in [5.41, 5.74) is 1.48. The Labute approximate surface area is 192 Å². The number of nitrogens with zero attached hydrogens (tertiary/aromatic N) is 3. The van der Waals surface area contributed by atoms with Crippen molar-refractivity contribution in [1.29, 1.82) is 0 Å². The molecule has 2 fully saturated rings. The molecule has 174 valence electrons. The molecule has 33 heavy (non-hydrogen) atoms. The number of likely N-dealkylation sites (tertiary alicyclic amines) is 1. The fraction of sp³-hybridized carbons (Fsp3) is 0.417. The van der Waals surface area contributed by atoms with Gasteiger partial charge < -0.3 is 20.4 Å². The minimum Gasteiger partial charge on any atom is -0.366 e. The summed E-state index contributed by atoms with van der Waals surface area (Å²) < 4.78 is 0. The molecule has 0 atom stereocenters. The highest BCUT2D eigenvalue weighted by Gasteiger charge is 2.30. The van der Waals surface area contributed by atoms with Crippen LogP contribution in [0.5, 0.6) is 0 Å². The number of nitro benzene ring substituents is 1. The van der Waals surface area contributed by atoms with E-state index in [2.05, 4.69) is 10.6 Å². The number of anilines is 2. The largest absolute Gasteiger partial charge is 0.366 e. The molecule has 0 unspecified atom stereocenters. The minimum absolute atomic E-state index is 0.0457. The molecule has 2 aromatic carbocycles. The molecule has 9 heteroatoms. The summed E-state index contributed by atoms with van der Waals surface area (Å²) in [6, 6.07) is 16.1. The van der Waals surface area contributed by atoms with E-state index in [9.17, 15) is 19.7 Å². The Balaban J connectivity index is 1.22. The molecule has 2 heterocycles. The SMILES string of the molecule is O=C(NC1CCN(C(=O)Nc2ccccc2)CC1)C1CCN(c2ccccc2[N+](=O)[O-])CC1. The molecule has 2 N–H and O–H groups in total. The molecule has 4 rings (SSSR count). The molecule has 0 saturated carbocycles. The number of nitro groups is 1.